The fourth-order valence-electron chi connectivity index (χ4n) is 4.28. The molecule has 1 aliphatic rings. The Labute approximate surface area is 189 Å². The number of hydrogen-bond acceptors (Lipinski definition) is 2. The maximum atomic E-state index is 13.2. The average molecular weight is 435 g/mol. The summed E-state index contributed by atoms with van der Waals surface area (Å²) in [7, 11) is 0. The van der Waals surface area contributed by atoms with Gasteiger partial charge in [0.1, 0.15) is 11.6 Å². The van der Waals surface area contributed by atoms with E-state index in [-0.39, 0.29) is 11.8 Å². The molecule has 2 aromatic carbocycles. The molecule has 5 nitrogen and oxygen atoms in total. The van der Waals surface area contributed by atoms with Crippen molar-refractivity contribution in [3.8, 4) is 0 Å². The molecule has 168 valence electrons. The van der Waals surface area contributed by atoms with Crippen LogP contribution in [-0.2, 0) is 13.0 Å². The van der Waals surface area contributed by atoms with Gasteiger partial charge < -0.3 is 14.8 Å². The maximum Gasteiger partial charge on any atom is 0.321 e. The third kappa shape index (κ3) is 5.18. The van der Waals surface area contributed by atoms with E-state index in [0.717, 1.165) is 55.1 Å². The summed E-state index contributed by atoms with van der Waals surface area (Å²) >= 11 is 0. The average Bonchev–Trinajstić information content (AvgIpc) is 3.12. The van der Waals surface area contributed by atoms with Crippen molar-refractivity contribution in [1.82, 2.24) is 14.5 Å². The van der Waals surface area contributed by atoms with Gasteiger partial charge in [-0.3, -0.25) is 0 Å². The minimum atomic E-state index is -0.218. The van der Waals surface area contributed by atoms with E-state index in [1.807, 2.05) is 41.4 Å². The zero-order chi connectivity index (χ0) is 22.7. The van der Waals surface area contributed by atoms with Crippen molar-refractivity contribution in [2.75, 3.05) is 18.4 Å². The van der Waals surface area contributed by atoms with Gasteiger partial charge in [0.15, 0.2) is 0 Å². The van der Waals surface area contributed by atoms with Gasteiger partial charge in [0, 0.05) is 43.6 Å². The van der Waals surface area contributed by atoms with Crippen LogP contribution in [0.4, 0.5) is 14.9 Å². The Bertz CT molecular complexity index is 1080. The van der Waals surface area contributed by atoms with Crippen molar-refractivity contribution < 1.29 is 9.18 Å². The third-order valence-electron chi connectivity index (χ3n) is 6.52. The smallest absolute Gasteiger partial charge is 0.321 e. The van der Waals surface area contributed by atoms with Gasteiger partial charge in [-0.25, -0.2) is 14.2 Å². The van der Waals surface area contributed by atoms with E-state index < -0.39 is 0 Å². The molecule has 2 amide bonds. The van der Waals surface area contributed by atoms with E-state index >= 15 is 0 Å². The number of halogens is 1. The quantitative estimate of drug-likeness (QED) is 0.578. The number of benzene rings is 2. The standard InChI is InChI=1S/C26H31FN4O/c1-18-4-9-24(14-19(18)2)29-26(32)30-12-10-21(11-13-30)15-25-28-16-20(3)31(25)17-22-5-7-23(27)8-6-22/h4-9,14,16,21H,10-13,15,17H2,1-3H3,(H,29,32). The Balaban J connectivity index is 1.32. The summed E-state index contributed by atoms with van der Waals surface area (Å²) in [6.45, 7) is 8.37. The molecule has 0 aliphatic carbocycles. The Morgan fingerprint density at radius 1 is 1.06 bits per heavy atom. The van der Waals surface area contributed by atoms with Crippen LogP contribution in [0.3, 0.4) is 0 Å². The molecule has 0 spiro atoms. The van der Waals surface area contributed by atoms with E-state index in [2.05, 4.69) is 35.6 Å². The second-order valence-electron chi connectivity index (χ2n) is 8.89. The van der Waals surface area contributed by atoms with Gasteiger partial charge >= 0.3 is 6.03 Å². The SMILES string of the molecule is Cc1ccc(NC(=O)N2CCC(Cc3ncc(C)n3Cc3ccc(F)cc3)CC2)cc1C. The predicted octanol–water partition coefficient (Wildman–Crippen LogP) is 5.48. The fourth-order valence-corrected chi connectivity index (χ4v) is 4.28. The van der Waals surface area contributed by atoms with Gasteiger partial charge in [-0.15, -0.1) is 0 Å². The van der Waals surface area contributed by atoms with Gasteiger partial charge in [0.2, 0.25) is 0 Å². The van der Waals surface area contributed by atoms with E-state index in [0.29, 0.717) is 12.5 Å². The summed E-state index contributed by atoms with van der Waals surface area (Å²) in [4.78, 5) is 19.2. The van der Waals surface area contributed by atoms with Crippen molar-refractivity contribution in [2.24, 2.45) is 5.92 Å². The lowest BCUT2D eigenvalue weighted by Crippen LogP contribution is -2.41. The number of amides is 2. The highest BCUT2D eigenvalue weighted by atomic mass is 19.1. The lowest BCUT2D eigenvalue weighted by molar-refractivity contribution is 0.181. The number of nitrogens with one attached hydrogen (secondary N) is 1. The normalized spacial score (nSPS) is 14.6. The Kier molecular flexibility index (Phi) is 6.58. The number of urea groups is 1. The molecule has 6 heteroatoms. The summed E-state index contributed by atoms with van der Waals surface area (Å²) in [6.07, 6.45) is 4.72. The van der Waals surface area contributed by atoms with Crippen LogP contribution in [-0.4, -0.2) is 33.6 Å². The number of carbonyl (C=O) groups is 1. The summed E-state index contributed by atoms with van der Waals surface area (Å²) in [6, 6.07) is 12.6. The molecular weight excluding hydrogens is 403 g/mol. The van der Waals surface area contributed by atoms with Crippen LogP contribution in [0, 0.1) is 32.5 Å². The van der Waals surface area contributed by atoms with Crippen LogP contribution in [0.2, 0.25) is 0 Å². The number of rotatable bonds is 5. The summed E-state index contributed by atoms with van der Waals surface area (Å²) in [5, 5.41) is 3.03. The number of hydrogen-bond donors (Lipinski definition) is 1. The van der Waals surface area contributed by atoms with Crippen LogP contribution in [0.15, 0.2) is 48.7 Å². The van der Waals surface area contributed by atoms with Gasteiger partial charge in [-0.1, -0.05) is 18.2 Å². The van der Waals surface area contributed by atoms with E-state index in [1.165, 1.54) is 23.3 Å². The Morgan fingerprint density at radius 3 is 2.47 bits per heavy atom. The van der Waals surface area contributed by atoms with Gasteiger partial charge in [-0.05, 0) is 80.5 Å². The largest absolute Gasteiger partial charge is 0.328 e. The first-order valence-electron chi connectivity index (χ1n) is 11.3. The molecule has 1 aromatic heterocycles. The molecule has 3 aromatic rings. The maximum absolute atomic E-state index is 13.2. The number of nitrogens with zero attached hydrogens (tertiary/aromatic N) is 3. The van der Waals surface area contributed by atoms with Crippen LogP contribution in [0.1, 0.15) is 41.1 Å². The highest BCUT2D eigenvalue weighted by Crippen LogP contribution is 2.23. The first-order chi connectivity index (χ1) is 15.4. The molecule has 0 bridgehead atoms. The number of anilines is 1. The number of likely N-dealkylation sites (tertiary alicyclic amines) is 1. The molecule has 0 saturated carbocycles. The summed E-state index contributed by atoms with van der Waals surface area (Å²) < 4.78 is 15.4. The Hall–Kier alpha value is -3.15. The molecule has 1 N–H and O–H groups in total. The number of carbonyl (C=O) groups excluding carboxylic acids is 1. The van der Waals surface area contributed by atoms with Crippen molar-refractivity contribution in [2.45, 2.75) is 46.6 Å². The molecule has 1 saturated heterocycles. The fraction of sp³-hybridized carbons (Fsp3) is 0.385. The van der Waals surface area contributed by atoms with Crippen molar-refractivity contribution in [3.63, 3.8) is 0 Å². The third-order valence-corrected chi connectivity index (χ3v) is 6.52. The number of aromatic nitrogens is 2. The molecular formula is C26H31FN4O. The van der Waals surface area contributed by atoms with Crippen LogP contribution in [0.5, 0.6) is 0 Å². The summed E-state index contributed by atoms with van der Waals surface area (Å²) in [5.74, 6) is 1.34. The molecule has 0 radical (unpaired) electrons. The highest BCUT2D eigenvalue weighted by molar-refractivity contribution is 5.89. The van der Waals surface area contributed by atoms with E-state index in [4.69, 9.17) is 0 Å². The molecule has 1 aliphatic heterocycles. The molecule has 0 atom stereocenters. The summed E-state index contributed by atoms with van der Waals surface area (Å²) in [5.41, 5.74) is 5.41. The highest BCUT2D eigenvalue weighted by Gasteiger charge is 2.24. The minimum Gasteiger partial charge on any atom is -0.328 e. The van der Waals surface area contributed by atoms with Crippen LogP contribution >= 0.6 is 0 Å². The first-order valence-corrected chi connectivity index (χ1v) is 11.3. The number of piperidine rings is 1. The van der Waals surface area contributed by atoms with Crippen LogP contribution in [0.25, 0.3) is 0 Å². The van der Waals surface area contributed by atoms with Gasteiger partial charge in [0.05, 0.1) is 0 Å². The van der Waals surface area contributed by atoms with Crippen molar-refractivity contribution in [1.29, 1.82) is 0 Å². The van der Waals surface area contributed by atoms with E-state index in [9.17, 15) is 9.18 Å². The number of aryl methyl sites for hydroxylation is 3. The lowest BCUT2D eigenvalue weighted by Gasteiger charge is -2.32. The van der Waals surface area contributed by atoms with Gasteiger partial charge in [-0.2, -0.15) is 0 Å². The van der Waals surface area contributed by atoms with Crippen LogP contribution < -0.4 is 5.32 Å². The molecule has 4 rings (SSSR count). The second-order valence-corrected chi connectivity index (χ2v) is 8.89. The van der Waals surface area contributed by atoms with Gasteiger partial charge in [0.25, 0.3) is 0 Å². The zero-order valence-corrected chi connectivity index (χ0v) is 19.1. The molecule has 32 heavy (non-hydrogen) atoms. The van der Waals surface area contributed by atoms with Crippen molar-refractivity contribution in [3.05, 3.63) is 82.7 Å². The Morgan fingerprint density at radius 2 is 1.78 bits per heavy atom. The topological polar surface area (TPSA) is 50.2 Å². The predicted molar refractivity (Wildman–Crippen MR) is 125 cm³/mol. The molecule has 0 unspecified atom stereocenters. The van der Waals surface area contributed by atoms with E-state index in [1.54, 1.807) is 0 Å². The zero-order valence-electron chi connectivity index (χ0n) is 19.1. The minimum absolute atomic E-state index is 0.0274. The second kappa shape index (κ2) is 9.55. The lowest BCUT2D eigenvalue weighted by atomic mass is 9.93. The first kappa shape index (κ1) is 22.1. The molecule has 2 heterocycles. The molecule has 1 fully saturated rings. The monoisotopic (exact) mass is 434 g/mol. The van der Waals surface area contributed by atoms with Crippen molar-refractivity contribution >= 4 is 11.7 Å². The number of imidazole rings is 1.